The van der Waals surface area contributed by atoms with Crippen LogP contribution in [0.3, 0.4) is 0 Å². The number of carbonyl (C=O) groups excluding carboxylic acids is 1. The van der Waals surface area contributed by atoms with Crippen molar-refractivity contribution < 1.29 is 14.7 Å². The minimum absolute atomic E-state index is 0.0818. The van der Waals surface area contributed by atoms with Crippen LogP contribution in [0.2, 0.25) is 0 Å². The van der Waals surface area contributed by atoms with Crippen LogP contribution in [0.1, 0.15) is 15.9 Å². The van der Waals surface area contributed by atoms with Crippen molar-refractivity contribution >= 4 is 23.4 Å². The number of hydrogen-bond donors (Lipinski definition) is 2. The van der Waals surface area contributed by atoms with Crippen molar-refractivity contribution in [1.29, 1.82) is 0 Å². The number of hydrogen-bond acceptors (Lipinski definition) is 2. The van der Waals surface area contributed by atoms with Crippen LogP contribution >= 0.6 is 0 Å². The third-order valence-electron chi connectivity index (χ3n) is 3.53. The summed E-state index contributed by atoms with van der Waals surface area (Å²) in [5, 5.41) is 11.8. The molecule has 2 N–H and O–H groups in total. The van der Waals surface area contributed by atoms with Crippen molar-refractivity contribution in [3.05, 3.63) is 59.7 Å². The Hall–Kier alpha value is -2.82. The topological polar surface area (TPSA) is 69.6 Å². The van der Waals surface area contributed by atoms with E-state index in [4.69, 9.17) is 5.11 Å². The summed E-state index contributed by atoms with van der Waals surface area (Å²) in [5.41, 5.74) is 2.39. The maximum atomic E-state index is 12.4. The Morgan fingerprint density at radius 2 is 1.76 bits per heavy atom. The lowest BCUT2D eigenvalue weighted by Gasteiger charge is -2.18. The Kier molecular flexibility index (Phi) is 3.31. The van der Waals surface area contributed by atoms with Crippen molar-refractivity contribution in [2.45, 2.75) is 6.42 Å². The SMILES string of the molecule is O=C(O)c1ccccc1NC(=O)N1CCc2ccccc21. The third-order valence-corrected chi connectivity index (χ3v) is 3.53. The molecule has 0 aromatic heterocycles. The predicted octanol–water partition coefficient (Wildman–Crippen LogP) is 2.98. The monoisotopic (exact) mass is 282 g/mol. The molecule has 3 rings (SSSR count). The molecule has 0 unspecified atom stereocenters. The number of nitrogens with zero attached hydrogens (tertiary/aromatic N) is 1. The molecule has 0 fully saturated rings. The Morgan fingerprint density at radius 3 is 2.57 bits per heavy atom. The van der Waals surface area contributed by atoms with E-state index in [9.17, 15) is 9.59 Å². The van der Waals surface area contributed by atoms with Gasteiger partial charge in [0.15, 0.2) is 0 Å². The van der Waals surface area contributed by atoms with Crippen LogP contribution in [-0.2, 0) is 6.42 Å². The predicted molar refractivity (Wildman–Crippen MR) is 79.9 cm³/mol. The number of nitrogens with one attached hydrogen (secondary N) is 1. The molecule has 5 nitrogen and oxygen atoms in total. The minimum Gasteiger partial charge on any atom is -0.478 e. The third kappa shape index (κ3) is 2.45. The Balaban J connectivity index is 1.84. The zero-order chi connectivity index (χ0) is 14.8. The first kappa shape index (κ1) is 13.2. The van der Waals surface area contributed by atoms with Crippen molar-refractivity contribution in [1.82, 2.24) is 0 Å². The normalized spacial score (nSPS) is 12.9. The molecule has 106 valence electrons. The lowest BCUT2D eigenvalue weighted by molar-refractivity contribution is 0.0698. The summed E-state index contributed by atoms with van der Waals surface area (Å²) in [4.78, 5) is 25.2. The number of benzene rings is 2. The Bertz CT molecular complexity index is 712. The highest BCUT2D eigenvalue weighted by Crippen LogP contribution is 2.28. The molecule has 0 bridgehead atoms. The van der Waals surface area contributed by atoms with Gasteiger partial charge >= 0.3 is 12.0 Å². The molecule has 0 atom stereocenters. The fourth-order valence-electron chi connectivity index (χ4n) is 2.51. The van der Waals surface area contributed by atoms with Crippen molar-refractivity contribution in [2.75, 3.05) is 16.8 Å². The van der Waals surface area contributed by atoms with Gasteiger partial charge in [-0.15, -0.1) is 0 Å². The highest BCUT2D eigenvalue weighted by molar-refractivity contribution is 6.06. The van der Waals surface area contributed by atoms with Crippen molar-refractivity contribution in [3.63, 3.8) is 0 Å². The molecule has 2 aromatic carbocycles. The molecule has 0 saturated carbocycles. The molecular formula is C16H14N2O3. The van der Waals surface area contributed by atoms with Gasteiger partial charge in [0.25, 0.3) is 0 Å². The van der Waals surface area contributed by atoms with E-state index < -0.39 is 5.97 Å². The fourth-order valence-corrected chi connectivity index (χ4v) is 2.51. The zero-order valence-electron chi connectivity index (χ0n) is 11.2. The summed E-state index contributed by atoms with van der Waals surface area (Å²) in [6.45, 7) is 0.598. The molecule has 0 saturated heterocycles. The van der Waals surface area contributed by atoms with Crippen molar-refractivity contribution in [2.24, 2.45) is 0 Å². The first-order chi connectivity index (χ1) is 10.2. The number of carboxylic acid groups (broad SMARTS) is 1. The van der Waals surface area contributed by atoms with E-state index in [1.54, 1.807) is 23.1 Å². The molecular weight excluding hydrogens is 268 g/mol. The molecule has 0 aliphatic carbocycles. The van der Waals surface area contributed by atoms with Crippen LogP contribution in [0.25, 0.3) is 0 Å². The number of para-hydroxylation sites is 2. The zero-order valence-corrected chi connectivity index (χ0v) is 11.2. The van der Waals surface area contributed by atoms with Crippen LogP contribution in [0, 0.1) is 0 Å². The van der Waals surface area contributed by atoms with E-state index >= 15 is 0 Å². The smallest absolute Gasteiger partial charge is 0.337 e. The lowest BCUT2D eigenvalue weighted by Crippen LogP contribution is -2.33. The molecule has 21 heavy (non-hydrogen) atoms. The number of carboxylic acids is 1. The number of anilines is 2. The van der Waals surface area contributed by atoms with Gasteiger partial charge in [0.1, 0.15) is 0 Å². The average molecular weight is 282 g/mol. The van der Waals surface area contributed by atoms with Gasteiger partial charge in [-0.1, -0.05) is 30.3 Å². The van der Waals surface area contributed by atoms with E-state index in [2.05, 4.69) is 5.32 Å². The standard InChI is InChI=1S/C16H14N2O3/c19-15(20)12-6-2-3-7-13(12)17-16(21)18-10-9-11-5-1-4-8-14(11)18/h1-8H,9-10H2,(H,17,21)(H,19,20). The van der Waals surface area contributed by atoms with Crippen LogP contribution < -0.4 is 10.2 Å². The summed E-state index contributed by atoms with van der Waals surface area (Å²) >= 11 is 0. The van der Waals surface area contributed by atoms with Crippen LogP contribution in [0.4, 0.5) is 16.2 Å². The summed E-state index contributed by atoms with van der Waals surface area (Å²) in [6, 6.07) is 13.8. The lowest BCUT2D eigenvalue weighted by atomic mass is 10.2. The highest BCUT2D eigenvalue weighted by atomic mass is 16.4. The number of urea groups is 1. The van der Waals surface area contributed by atoms with Gasteiger partial charge in [0.05, 0.1) is 11.3 Å². The van der Waals surface area contributed by atoms with Gasteiger partial charge in [-0.25, -0.2) is 9.59 Å². The van der Waals surface area contributed by atoms with E-state index in [1.807, 2.05) is 24.3 Å². The fraction of sp³-hybridized carbons (Fsp3) is 0.125. The van der Waals surface area contributed by atoms with Crippen LogP contribution in [-0.4, -0.2) is 23.7 Å². The summed E-state index contributed by atoms with van der Waals surface area (Å²) in [6.07, 6.45) is 0.810. The summed E-state index contributed by atoms with van der Waals surface area (Å²) in [5.74, 6) is -1.06. The summed E-state index contributed by atoms with van der Waals surface area (Å²) < 4.78 is 0. The minimum atomic E-state index is -1.06. The van der Waals surface area contributed by atoms with Gasteiger partial charge in [-0.3, -0.25) is 4.90 Å². The number of fused-ring (bicyclic) bond motifs is 1. The largest absolute Gasteiger partial charge is 0.478 e. The quantitative estimate of drug-likeness (QED) is 0.889. The number of rotatable bonds is 2. The maximum Gasteiger partial charge on any atom is 0.337 e. The molecule has 0 radical (unpaired) electrons. The van der Waals surface area contributed by atoms with E-state index in [1.165, 1.54) is 6.07 Å². The van der Waals surface area contributed by atoms with Gasteiger partial charge in [0, 0.05) is 12.2 Å². The molecule has 1 aliphatic rings. The first-order valence-corrected chi connectivity index (χ1v) is 6.65. The van der Waals surface area contributed by atoms with Gasteiger partial charge in [0.2, 0.25) is 0 Å². The second-order valence-corrected chi connectivity index (χ2v) is 4.81. The molecule has 1 aliphatic heterocycles. The average Bonchev–Trinajstić information content (AvgIpc) is 2.91. The van der Waals surface area contributed by atoms with Gasteiger partial charge in [-0.2, -0.15) is 0 Å². The summed E-state index contributed by atoms with van der Waals surface area (Å²) in [7, 11) is 0. The van der Waals surface area contributed by atoms with Crippen LogP contribution in [0.15, 0.2) is 48.5 Å². The Morgan fingerprint density at radius 1 is 1.05 bits per heavy atom. The van der Waals surface area contributed by atoms with Gasteiger partial charge < -0.3 is 10.4 Å². The molecule has 0 spiro atoms. The number of aromatic carboxylic acids is 1. The van der Waals surface area contributed by atoms with E-state index in [0.717, 1.165) is 17.7 Å². The molecule has 2 amide bonds. The first-order valence-electron chi connectivity index (χ1n) is 6.65. The van der Waals surface area contributed by atoms with E-state index in [-0.39, 0.29) is 11.6 Å². The molecule has 2 aromatic rings. The van der Waals surface area contributed by atoms with Gasteiger partial charge in [-0.05, 0) is 30.2 Å². The highest BCUT2D eigenvalue weighted by Gasteiger charge is 2.24. The molecule has 5 heteroatoms. The second kappa shape index (κ2) is 5.28. The van der Waals surface area contributed by atoms with E-state index in [0.29, 0.717) is 12.2 Å². The van der Waals surface area contributed by atoms with Crippen LogP contribution in [0.5, 0.6) is 0 Å². The Labute approximate surface area is 121 Å². The molecule has 1 heterocycles. The number of amides is 2. The van der Waals surface area contributed by atoms with Crippen molar-refractivity contribution in [3.8, 4) is 0 Å². The number of carbonyl (C=O) groups is 2. The maximum absolute atomic E-state index is 12.4. The second-order valence-electron chi connectivity index (χ2n) is 4.81.